The van der Waals surface area contributed by atoms with Gasteiger partial charge in [0, 0.05) is 52.0 Å². The first kappa shape index (κ1) is 27.3. The topological polar surface area (TPSA) is 137 Å². The van der Waals surface area contributed by atoms with Crippen molar-refractivity contribution < 1.29 is 14.7 Å². The second-order valence-electron chi connectivity index (χ2n) is 9.83. The van der Waals surface area contributed by atoms with Crippen molar-refractivity contribution in [3.63, 3.8) is 0 Å². The minimum absolute atomic E-state index is 0.0715. The van der Waals surface area contributed by atoms with E-state index in [4.69, 9.17) is 4.98 Å². The maximum atomic E-state index is 12.1. The van der Waals surface area contributed by atoms with Crippen molar-refractivity contribution >= 4 is 34.5 Å². The molecule has 1 atom stereocenters. The number of unbranched alkanes of at least 4 members (excludes halogenated alkanes) is 1. The van der Waals surface area contributed by atoms with E-state index in [0.717, 1.165) is 67.7 Å². The standard InChI is InChI=1S/C27H38N8O3/c1-19(36)28-13-17-35(14-4-3-7-21-9-8-20-6-5-12-29-24(20)32-21)16-11-23(27(37)38)33-25-22-10-15-34(2)26(22)31-18-30-25/h8-10,15,18,23H,3-7,11-14,16-17H2,1-2H3,(H,28,36)(H,29,32)(H,37,38)(H,30,31,33)/t23-/m0/s1. The molecule has 4 heterocycles. The molecule has 3 aromatic heterocycles. The van der Waals surface area contributed by atoms with Crippen LogP contribution in [-0.4, -0.2) is 80.2 Å². The van der Waals surface area contributed by atoms with E-state index in [1.54, 1.807) is 0 Å². The van der Waals surface area contributed by atoms with Crippen LogP contribution in [0.5, 0.6) is 0 Å². The van der Waals surface area contributed by atoms with Crippen LogP contribution in [0.15, 0.2) is 30.7 Å². The zero-order chi connectivity index (χ0) is 26.9. The largest absolute Gasteiger partial charge is 0.480 e. The zero-order valence-electron chi connectivity index (χ0n) is 22.2. The van der Waals surface area contributed by atoms with Gasteiger partial charge in [0.2, 0.25) is 5.91 Å². The fourth-order valence-corrected chi connectivity index (χ4v) is 4.80. The quantitative estimate of drug-likeness (QED) is 0.235. The molecule has 0 fully saturated rings. The van der Waals surface area contributed by atoms with Crippen LogP contribution >= 0.6 is 0 Å². The van der Waals surface area contributed by atoms with Crippen LogP contribution in [0.2, 0.25) is 0 Å². The molecule has 0 saturated carbocycles. The van der Waals surface area contributed by atoms with Crippen LogP contribution in [0.1, 0.15) is 43.9 Å². The Morgan fingerprint density at radius 3 is 2.87 bits per heavy atom. The third kappa shape index (κ3) is 7.41. The van der Waals surface area contributed by atoms with Gasteiger partial charge in [-0.05, 0) is 62.8 Å². The van der Waals surface area contributed by atoms with E-state index >= 15 is 0 Å². The number of aliphatic carboxylic acids is 1. The van der Waals surface area contributed by atoms with E-state index in [2.05, 4.69) is 43.0 Å². The number of aryl methyl sites for hydroxylation is 3. The first-order valence-electron chi connectivity index (χ1n) is 13.4. The number of carboxylic acid groups (broad SMARTS) is 1. The maximum Gasteiger partial charge on any atom is 0.326 e. The zero-order valence-corrected chi connectivity index (χ0v) is 22.2. The van der Waals surface area contributed by atoms with Gasteiger partial charge in [-0.15, -0.1) is 0 Å². The summed E-state index contributed by atoms with van der Waals surface area (Å²) >= 11 is 0. The summed E-state index contributed by atoms with van der Waals surface area (Å²) in [6, 6.07) is 5.39. The van der Waals surface area contributed by atoms with Crippen LogP contribution in [0.3, 0.4) is 0 Å². The fourth-order valence-electron chi connectivity index (χ4n) is 4.80. The summed E-state index contributed by atoms with van der Waals surface area (Å²) in [5.74, 6) is 0.536. The van der Waals surface area contributed by atoms with Crippen LogP contribution in [0, 0.1) is 0 Å². The Bertz CT molecular complexity index is 1240. The van der Waals surface area contributed by atoms with Gasteiger partial charge in [0.05, 0.1) is 5.39 Å². The van der Waals surface area contributed by atoms with E-state index in [1.165, 1.54) is 18.8 Å². The van der Waals surface area contributed by atoms with Crippen molar-refractivity contribution in [2.75, 3.05) is 43.4 Å². The lowest BCUT2D eigenvalue weighted by molar-refractivity contribution is -0.138. The van der Waals surface area contributed by atoms with Gasteiger partial charge >= 0.3 is 5.97 Å². The number of nitrogens with one attached hydrogen (secondary N) is 3. The molecule has 0 unspecified atom stereocenters. The number of carbonyl (C=O) groups is 2. The highest BCUT2D eigenvalue weighted by atomic mass is 16.4. The molecule has 204 valence electrons. The molecule has 4 N–H and O–H groups in total. The van der Waals surface area contributed by atoms with Gasteiger partial charge in [0.15, 0.2) is 0 Å². The number of nitrogens with zero attached hydrogens (tertiary/aromatic N) is 5. The van der Waals surface area contributed by atoms with E-state index in [0.29, 0.717) is 31.9 Å². The van der Waals surface area contributed by atoms with E-state index in [-0.39, 0.29) is 5.91 Å². The Labute approximate surface area is 223 Å². The lowest BCUT2D eigenvalue weighted by Crippen LogP contribution is -2.39. The molecule has 0 aliphatic carbocycles. The second-order valence-corrected chi connectivity index (χ2v) is 9.83. The monoisotopic (exact) mass is 522 g/mol. The normalized spacial score (nSPS) is 13.7. The smallest absolute Gasteiger partial charge is 0.326 e. The van der Waals surface area contributed by atoms with Gasteiger partial charge in [-0.25, -0.2) is 19.7 Å². The Morgan fingerprint density at radius 1 is 1.18 bits per heavy atom. The molecule has 4 rings (SSSR count). The van der Waals surface area contributed by atoms with E-state index in [1.807, 2.05) is 23.9 Å². The van der Waals surface area contributed by atoms with Crippen LogP contribution in [0.25, 0.3) is 11.0 Å². The molecule has 0 spiro atoms. The van der Waals surface area contributed by atoms with E-state index < -0.39 is 12.0 Å². The van der Waals surface area contributed by atoms with Gasteiger partial charge < -0.3 is 30.5 Å². The Balaban J connectivity index is 1.31. The first-order valence-corrected chi connectivity index (χ1v) is 13.4. The number of rotatable bonds is 14. The van der Waals surface area contributed by atoms with Crippen molar-refractivity contribution in [2.24, 2.45) is 7.05 Å². The van der Waals surface area contributed by atoms with E-state index in [9.17, 15) is 14.7 Å². The van der Waals surface area contributed by atoms with Gasteiger partial charge in [0.1, 0.15) is 29.7 Å². The van der Waals surface area contributed by atoms with Gasteiger partial charge in [-0.2, -0.15) is 0 Å². The number of amides is 1. The fraction of sp³-hybridized carbons (Fsp3) is 0.519. The Morgan fingerprint density at radius 2 is 2.05 bits per heavy atom. The minimum Gasteiger partial charge on any atom is -0.480 e. The lowest BCUT2D eigenvalue weighted by atomic mass is 10.1. The number of fused-ring (bicyclic) bond motifs is 2. The number of anilines is 2. The van der Waals surface area contributed by atoms with Crippen molar-refractivity contribution in [1.82, 2.24) is 29.7 Å². The van der Waals surface area contributed by atoms with Crippen molar-refractivity contribution in [3.8, 4) is 0 Å². The molecular weight excluding hydrogens is 484 g/mol. The first-order chi connectivity index (χ1) is 18.4. The minimum atomic E-state index is -0.929. The Kier molecular flexibility index (Phi) is 9.47. The number of aromatic nitrogens is 4. The summed E-state index contributed by atoms with van der Waals surface area (Å²) in [6.45, 7) is 5.05. The average Bonchev–Trinajstić information content (AvgIpc) is 3.29. The molecular formula is C27H38N8O3. The maximum absolute atomic E-state index is 12.1. The third-order valence-corrected chi connectivity index (χ3v) is 6.92. The van der Waals surface area contributed by atoms with Gasteiger partial charge in [0.25, 0.3) is 0 Å². The number of carboxylic acids is 1. The second kappa shape index (κ2) is 13.2. The number of hydrogen-bond acceptors (Lipinski definition) is 8. The van der Waals surface area contributed by atoms with Gasteiger partial charge in [-0.1, -0.05) is 6.07 Å². The predicted molar refractivity (Wildman–Crippen MR) is 147 cm³/mol. The summed E-state index contributed by atoms with van der Waals surface area (Å²) < 4.78 is 1.87. The molecule has 1 amide bonds. The molecule has 11 nitrogen and oxygen atoms in total. The summed E-state index contributed by atoms with van der Waals surface area (Å²) in [7, 11) is 1.89. The van der Waals surface area contributed by atoms with Crippen molar-refractivity contribution in [3.05, 3.63) is 42.0 Å². The highest BCUT2D eigenvalue weighted by Gasteiger charge is 2.21. The number of hydrogen-bond donors (Lipinski definition) is 4. The summed E-state index contributed by atoms with van der Waals surface area (Å²) in [4.78, 5) is 39.0. The third-order valence-electron chi connectivity index (χ3n) is 6.92. The molecule has 0 saturated heterocycles. The summed E-state index contributed by atoms with van der Waals surface area (Å²) in [5.41, 5.74) is 3.13. The lowest BCUT2D eigenvalue weighted by Gasteiger charge is -2.25. The molecule has 0 bridgehead atoms. The highest BCUT2D eigenvalue weighted by molar-refractivity contribution is 5.89. The predicted octanol–water partition coefficient (Wildman–Crippen LogP) is 2.44. The molecule has 0 aromatic carbocycles. The summed E-state index contributed by atoms with van der Waals surface area (Å²) in [5, 5.41) is 20.0. The molecule has 3 aromatic rings. The molecule has 0 radical (unpaired) electrons. The van der Waals surface area contributed by atoms with Crippen LogP contribution in [-0.2, 0) is 29.5 Å². The van der Waals surface area contributed by atoms with Gasteiger partial charge in [-0.3, -0.25) is 4.79 Å². The summed E-state index contributed by atoms with van der Waals surface area (Å²) in [6.07, 6.45) is 8.77. The molecule has 1 aliphatic rings. The van der Waals surface area contributed by atoms with Crippen LogP contribution < -0.4 is 16.0 Å². The van der Waals surface area contributed by atoms with Crippen LogP contribution in [0.4, 0.5) is 11.6 Å². The molecule has 1 aliphatic heterocycles. The molecule has 11 heteroatoms. The highest BCUT2D eigenvalue weighted by Crippen LogP contribution is 2.22. The average molecular weight is 523 g/mol. The SMILES string of the molecule is CC(=O)NCCN(CCCCc1ccc2c(n1)NCCC2)CC[C@H](Nc1ncnc2c1ccn2C)C(=O)O. The van der Waals surface area contributed by atoms with Crippen molar-refractivity contribution in [2.45, 2.75) is 51.5 Å². The number of pyridine rings is 1. The Hall–Kier alpha value is -3.73. The number of carbonyl (C=O) groups excluding carboxylic acids is 1. The molecule has 38 heavy (non-hydrogen) atoms. The van der Waals surface area contributed by atoms with Crippen molar-refractivity contribution in [1.29, 1.82) is 0 Å².